The highest BCUT2D eigenvalue weighted by Gasteiger charge is 2.20. The van der Waals surface area contributed by atoms with Gasteiger partial charge in [0, 0.05) is 32.5 Å². The SMILES string of the molecule is Cn1cnnc1CCNCC1CCOc2ccccc21. The molecule has 0 saturated heterocycles. The number of para-hydroxylation sites is 1. The number of hydrogen-bond donors (Lipinski definition) is 1. The summed E-state index contributed by atoms with van der Waals surface area (Å²) in [5.74, 6) is 2.60. The van der Waals surface area contributed by atoms with Crippen LogP contribution in [0.2, 0.25) is 0 Å². The summed E-state index contributed by atoms with van der Waals surface area (Å²) in [7, 11) is 1.98. The minimum Gasteiger partial charge on any atom is -0.493 e. The Kier molecular flexibility index (Phi) is 3.97. The lowest BCUT2D eigenvalue weighted by atomic mass is 9.93. The highest BCUT2D eigenvalue weighted by Crippen LogP contribution is 2.32. The lowest BCUT2D eigenvalue weighted by Gasteiger charge is -2.26. The van der Waals surface area contributed by atoms with Crippen LogP contribution in [0.5, 0.6) is 5.75 Å². The van der Waals surface area contributed by atoms with E-state index in [9.17, 15) is 0 Å². The number of nitrogens with zero attached hydrogens (tertiary/aromatic N) is 3. The Labute approximate surface area is 119 Å². The van der Waals surface area contributed by atoms with Crippen LogP contribution in [0.15, 0.2) is 30.6 Å². The maximum Gasteiger partial charge on any atom is 0.133 e. The van der Waals surface area contributed by atoms with Gasteiger partial charge in [-0.25, -0.2) is 0 Å². The summed E-state index contributed by atoms with van der Waals surface area (Å²) >= 11 is 0. The fourth-order valence-electron chi connectivity index (χ4n) is 2.64. The molecule has 0 aliphatic carbocycles. The van der Waals surface area contributed by atoms with E-state index in [1.54, 1.807) is 6.33 Å². The molecular formula is C15H20N4O. The molecule has 3 rings (SSSR count). The van der Waals surface area contributed by atoms with E-state index in [4.69, 9.17) is 4.74 Å². The van der Waals surface area contributed by atoms with Crippen LogP contribution in [-0.4, -0.2) is 34.5 Å². The summed E-state index contributed by atoms with van der Waals surface area (Å²) in [6.07, 6.45) is 3.72. The molecule has 1 N–H and O–H groups in total. The summed E-state index contributed by atoms with van der Waals surface area (Å²) in [6, 6.07) is 8.34. The molecule has 1 aliphatic heterocycles. The molecule has 1 atom stereocenters. The first-order valence-electron chi connectivity index (χ1n) is 7.10. The largest absolute Gasteiger partial charge is 0.493 e. The second kappa shape index (κ2) is 6.05. The second-order valence-electron chi connectivity index (χ2n) is 5.18. The van der Waals surface area contributed by atoms with E-state index in [1.807, 2.05) is 17.7 Å². The first kappa shape index (κ1) is 13.1. The Morgan fingerprint density at radius 1 is 1.40 bits per heavy atom. The van der Waals surface area contributed by atoms with E-state index in [0.29, 0.717) is 5.92 Å². The van der Waals surface area contributed by atoms with Gasteiger partial charge in [-0.3, -0.25) is 0 Å². The Hall–Kier alpha value is -1.88. The maximum atomic E-state index is 5.69. The Balaban J connectivity index is 1.51. The van der Waals surface area contributed by atoms with E-state index >= 15 is 0 Å². The number of aryl methyl sites for hydroxylation is 1. The van der Waals surface area contributed by atoms with E-state index in [1.165, 1.54) is 5.56 Å². The van der Waals surface area contributed by atoms with Gasteiger partial charge in [-0.2, -0.15) is 0 Å². The van der Waals surface area contributed by atoms with Crippen molar-refractivity contribution in [3.8, 4) is 5.75 Å². The molecule has 2 heterocycles. The topological polar surface area (TPSA) is 52.0 Å². The van der Waals surface area contributed by atoms with Gasteiger partial charge < -0.3 is 14.6 Å². The first-order valence-corrected chi connectivity index (χ1v) is 7.10. The molecule has 0 bridgehead atoms. The van der Waals surface area contributed by atoms with E-state index in [0.717, 1.165) is 44.1 Å². The molecule has 5 nitrogen and oxygen atoms in total. The minimum atomic E-state index is 0.541. The number of fused-ring (bicyclic) bond motifs is 1. The zero-order valence-corrected chi connectivity index (χ0v) is 11.7. The van der Waals surface area contributed by atoms with Crippen LogP contribution >= 0.6 is 0 Å². The molecular weight excluding hydrogens is 252 g/mol. The van der Waals surface area contributed by atoms with Crippen molar-refractivity contribution in [1.82, 2.24) is 20.1 Å². The van der Waals surface area contributed by atoms with Crippen LogP contribution in [0.1, 0.15) is 23.7 Å². The lowest BCUT2D eigenvalue weighted by Crippen LogP contribution is -2.27. The molecule has 20 heavy (non-hydrogen) atoms. The van der Waals surface area contributed by atoms with Crippen molar-refractivity contribution in [2.45, 2.75) is 18.8 Å². The van der Waals surface area contributed by atoms with Crippen LogP contribution in [0.4, 0.5) is 0 Å². The quantitative estimate of drug-likeness (QED) is 0.838. The minimum absolute atomic E-state index is 0.541. The van der Waals surface area contributed by atoms with Crippen molar-refractivity contribution in [3.05, 3.63) is 42.0 Å². The molecule has 1 aromatic carbocycles. The number of rotatable bonds is 5. The average Bonchev–Trinajstić information content (AvgIpc) is 2.89. The third-order valence-electron chi connectivity index (χ3n) is 3.80. The van der Waals surface area contributed by atoms with Gasteiger partial charge >= 0.3 is 0 Å². The van der Waals surface area contributed by atoms with Gasteiger partial charge in [0.15, 0.2) is 0 Å². The van der Waals surface area contributed by atoms with Crippen molar-refractivity contribution in [2.24, 2.45) is 7.05 Å². The molecule has 0 fully saturated rings. The zero-order chi connectivity index (χ0) is 13.8. The van der Waals surface area contributed by atoms with E-state index in [2.05, 4.69) is 33.7 Å². The Morgan fingerprint density at radius 3 is 3.15 bits per heavy atom. The van der Waals surface area contributed by atoms with Crippen LogP contribution in [0.3, 0.4) is 0 Å². The summed E-state index contributed by atoms with van der Waals surface area (Å²) in [4.78, 5) is 0. The number of ether oxygens (including phenoxy) is 1. The van der Waals surface area contributed by atoms with Crippen molar-refractivity contribution in [1.29, 1.82) is 0 Å². The smallest absolute Gasteiger partial charge is 0.133 e. The highest BCUT2D eigenvalue weighted by atomic mass is 16.5. The van der Waals surface area contributed by atoms with Crippen molar-refractivity contribution in [2.75, 3.05) is 19.7 Å². The number of hydrogen-bond acceptors (Lipinski definition) is 4. The second-order valence-corrected chi connectivity index (χ2v) is 5.18. The molecule has 1 unspecified atom stereocenters. The monoisotopic (exact) mass is 272 g/mol. The Bertz CT molecular complexity index is 567. The Morgan fingerprint density at radius 2 is 2.30 bits per heavy atom. The summed E-state index contributed by atoms with van der Waals surface area (Å²) in [5, 5.41) is 11.5. The molecule has 0 saturated carbocycles. The first-order chi connectivity index (χ1) is 9.84. The summed E-state index contributed by atoms with van der Waals surface area (Å²) in [6.45, 7) is 2.72. The molecule has 106 valence electrons. The third-order valence-corrected chi connectivity index (χ3v) is 3.80. The van der Waals surface area contributed by atoms with Crippen LogP contribution in [-0.2, 0) is 13.5 Å². The highest BCUT2D eigenvalue weighted by molar-refractivity contribution is 5.37. The van der Waals surface area contributed by atoms with Gasteiger partial charge in [0.05, 0.1) is 6.61 Å². The zero-order valence-electron chi connectivity index (χ0n) is 11.7. The third kappa shape index (κ3) is 2.82. The fourth-order valence-corrected chi connectivity index (χ4v) is 2.64. The van der Waals surface area contributed by atoms with Crippen molar-refractivity contribution in [3.63, 3.8) is 0 Å². The van der Waals surface area contributed by atoms with Crippen LogP contribution < -0.4 is 10.1 Å². The summed E-state index contributed by atoms with van der Waals surface area (Å²) < 4.78 is 7.65. The van der Waals surface area contributed by atoms with E-state index in [-0.39, 0.29) is 0 Å². The number of nitrogens with one attached hydrogen (secondary N) is 1. The van der Waals surface area contributed by atoms with Crippen LogP contribution in [0, 0.1) is 0 Å². The lowest BCUT2D eigenvalue weighted by molar-refractivity contribution is 0.265. The number of aromatic nitrogens is 3. The predicted octanol–water partition coefficient (Wildman–Crippen LogP) is 1.51. The van der Waals surface area contributed by atoms with E-state index < -0.39 is 0 Å². The molecule has 1 aliphatic rings. The van der Waals surface area contributed by atoms with Gasteiger partial charge in [0.25, 0.3) is 0 Å². The van der Waals surface area contributed by atoms with Gasteiger partial charge in [-0.05, 0) is 18.1 Å². The molecule has 5 heteroatoms. The van der Waals surface area contributed by atoms with Crippen LogP contribution in [0.25, 0.3) is 0 Å². The predicted molar refractivity (Wildman–Crippen MR) is 76.9 cm³/mol. The number of benzene rings is 1. The maximum absolute atomic E-state index is 5.69. The fraction of sp³-hybridized carbons (Fsp3) is 0.467. The molecule has 2 aromatic rings. The standard InChI is InChI=1S/C15H20N4O/c1-19-11-17-18-15(19)6-8-16-10-12-7-9-20-14-5-3-2-4-13(12)14/h2-5,11-12,16H,6-10H2,1H3. The summed E-state index contributed by atoms with van der Waals surface area (Å²) in [5.41, 5.74) is 1.32. The molecule has 1 aromatic heterocycles. The molecule has 0 spiro atoms. The molecule has 0 radical (unpaired) electrons. The van der Waals surface area contributed by atoms with Crippen molar-refractivity contribution < 1.29 is 4.74 Å². The normalized spacial score (nSPS) is 17.6. The average molecular weight is 272 g/mol. The molecule has 0 amide bonds. The van der Waals surface area contributed by atoms with Gasteiger partial charge in [-0.15, -0.1) is 10.2 Å². The van der Waals surface area contributed by atoms with Gasteiger partial charge in [-0.1, -0.05) is 18.2 Å². The van der Waals surface area contributed by atoms with Gasteiger partial charge in [0.1, 0.15) is 17.9 Å². The van der Waals surface area contributed by atoms with Gasteiger partial charge in [0.2, 0.25) is 0 Å². The van der Waals surface area contributed by atoms with Crippen molar-refractivity contribution >= 4 is 0 Å².